The van der Waals surface area contributed by atoms with Crippen LogP contribution in [0.2, 0.25) is 0 Å². The first-order chi connectivity index (χ1) is 6.62. The predicted molar refractivity (Wildman–Crippen MR) is 57.9 cm³/mol. The minimum absolute atomic E-state index is 0.159. The van der Waals surface area contributed by atoms with Crippen LogP contribution in [-0.2, 0) is 0 Å². The van der Waals surface area contributed by atoms with Gasteiger partial charge in [0.15, 0.2) is 0 Å². The van der Waals surface area contributed by atoms with E-state index in [-0.39, 0.29) is 17.4 Å². The average molecular weight is 198 g/mol. The Bertz CT molecular complexity index is 248. The lowest BCUT2D eigenvalue weighted by Gasteiger charge is -2.36. The molecule has 2 atom stereocenters. The van der Waals surface area contributed by atoms with Crippen molar-refractivity contribution < 1.29 is 4.39 Å². The molecule has 80 valence electrons. The molecule has 14 heavy (non-hydrogen) atoms. The van der Waals surface area contributed by atoms with Crippen LogP contribution in [0.1, 0.15) is 20.8 Å². The molecule has 0 aromatic heterocycles. The highest BCUT2D eigenvalue weighted by Gasteiger charge is 2.31. The van der Waals surface area contributed by atoms with Crippen molar-refractivity contribution in [2.45, 2.75) is 32.4 Å². The standard InChI is InChI=1S/C11H19FN2/c1-4-13-10-7-6-9(12)8-11(10,3)14-5-2/h6-8,10,13-14H,4-5H2,1-3H3. The van der Waals surface area contributed by atoms with Gasteiger partial charge in [-0.1, -0.05) is 19.9 Å². The maximum absolute atomic E-state index is 13.1. The van der Waals surface area contributed by atoms with E-state index in [1.54, 1.807) is 6.08 Å². The van der Waals surface area contributed by atoms with Crippen molar-refractivity contribution in [3.8, 4) is 0 Å². The summed E-state index contributed by atoms with van der Waals surface area (Å²) >= 11 is 0. The van der Waals surface area contributed by atoms with Gasteiger partial charge in [0, 0.05) is 6.04 Å². The van der Waals surface area contributed by atoms with E-state index in [1.807, 2.05) is 19.9 Å². The number of halogens is 1. The summed E-state index contributed by atoms with van der Waals surface area (Å²) in [6.45, 7) is 7.79. The van der Waals surface area contributed by atoms with Gasteiger partial charge in [-0.15, -0.1) is 0 Å². The summed E-state index contributed by atoms with van der Waals surface area (Å²) in [5.41, 5.74) is -0.316. The van der Waals surface area contributed by atoms with Crippen molar-refractivity contribution in [1.82, 2.24) is 10.6 Å². The Morgan fingerprint density at radius 2 is 2.14 bits per heavy atom. The molecule has 2 unspecified atom stereocenters. The summed E-state index contributed by atoms with van der Waals surface area (Å²) in [4.78, 5) is 0. The van der Waals surface area contributed by atoms with E-state index in [4.69, 9.17) is 0 Å². The fraction of sp³-hybridized carbons (Fsp3) is 0.636. The van der Waals surface area contributed by atoms with E-state index >= 15 is 0 Å². The Balaban J connectivity index is 2.80. The predicted octanol–water partition coefficient (Wildman–Crippen LogP) is 1.76. The lowest BCUT2D eigenvalue weighted by Crippen LogP contribution is -2.56. The molecule has 0 aliphatic heterocycles. The lowest BCUT2D eigenvalue weighted by molar-refractivity contribution is 0.351. The van der Waals surface area contributed by atoms with Crippen molar-refractivity contribution in [1.29, 1.82) is 0 Å². The zero-order chi connectivity index (χ0) is 10.6. The van der Waals surface area contributed by atoms with E-state index < -0.39 is 0 Å². The molecule has 0 spiro atoms. The number of hydrogen-bond donors (Lipinski definition) is 2. The molecule has 1 rings (SSSR count). The van der Waals surface area contributed by atoms with E-state index in [9.17, 15) is 4.39 Å². The average Bonchev–Trinajstić information content (AvgIpc) is 2.10. The van der Waals surface area contributed by atoms with Crippen LogP contribution < -0.4 is 10.6 Å². The van der Waals surface area contributed by atoms with Crippen LogP contribution in [0, 0.1) is 0 Å². The minimum atomic E-state index is -0.316. The number of rotatable bonds is 4. The molecule has 2 N–H and O–H groups in total. The molecule has 1 aliphatic rings. The van der Waals surface area contributed by atoms with E-state index in [0.29, 0.717) is 0 Å². The maximum atomic E-state index is 13.1. The maximum Gasteiger partial charge on any atom is 0.120 e. The zero-order valence-corrected chi connectivity index (χ0v) is 9.10. The molecular weight excluding hydrogens is 179 g/mol. The summed E-state index contributed by atoms with van der Waals surface area (Å²) in [6, 6.07) is 0.159. The summed E-state index contributed by atoms with van der Waals surface area (Å²) < 4.78 is 13.1. The Morgan fingerprint density at radius 3 is 2.71 bits per heavy atom. The minimum Gasteiger partial charge on any atom is -0.309 e. The first-order valence-electron chi connectivity index (χ1n) is 5.17. The number of hydrogen-bond acceptors (Lipinski definition) is 2. The van der Waals surface area contributed by atoms with Crippen LogP contribution in [-0.4, -0.2) is 24.7 Å². The van der Waals surface area contributed by atoms with Gasteiger partial charge in [-0.25, -0.2) is 4.39 Å². The third-order valence-electron chi connectivity index (χ3n) is 2.51. The highest BCUT2D eigenvalue weighted by Crippen LogP contribution is 2.22. The molecule has 3 heteroatoms. The SMILES string of the molecule is CCNC1C=CC(F)=CC1(C)NCC. The summed E-state index contributed by atoms with van der Waals surface area (Å²) in [7, 11) is 0. The lowest BCUT2D eigenvalue weighted by atomic mass is 9.87. The molecule has 2 nitrogen and oxygen atoms in total. The molecular formula is C11H19FN2. The normalized spacial score (nSPS) is 31.7. The van der Waals surface area contributed by atoms with Gasteiger partial charge in [0.25, 0.3) is 0 Å². The second-order valence-corrected chi connectivity index (χ2v) is 3.74. The van der Waals surface area contributed by atoms with Crippen LogP contribution in [0.25, 0.3) is 0 Å². The molecule has 0 aromatic rings. The number of likely N-dealkylation sites (N-methyl/N-ethyl adjacent to an activating group) is 2. The van der Waals surface area contributed by atoms with Gasteiger partial charge >= 0.3 is 0 Å². The fourth-order valence-corrected chi connectivity index (χ4v) is 1.85. The van der Waals surface area contributed by atoms with Gasteiger partial charge in [0.05, 0.1) is 5.54 Å². The third-order valence-corrected chi connectivity index (χ3v) is 2.51. The number of nitrogens with one attached hydrogen (secondary N) is 2. The molecule has 0 saturated carbocycles. The van der Waals surface area contributed by atoms with Crippen molar-refractivity contribution in [3.05, 3.63) is 24.1 Å². The van der Waals surface area contributed by atoms with E-state index in [0.717, 1.165) is 13.1 Å². The highest BCUT2D eigenvalue weighted by atomic mass is 19.1. The molecule has 0 heterocycles. The van der Waals surface area contributed by atoms with E-state index in [1.165, 1.54) is 6.08 Å². The number of allylic oxidation sites excluding steroid dienone is 2. The summed E-state index contributed by atoms with van der Waals surface area (Å²) in [5, 5.41) is 6.62. The first kappa shape index (κ1) is 11.4. The van der Waals surface area contributed by atoms with Crippen LogP contribution in [0.3, 0.4) is 0 Å². The fourth-order valence-electron chi connectivity index (χ4n) is 1.85. The second-order valence-electron chi connectivity index (χ2n) is 3.74. The highest BCUT2D eigenvalue weighted by molar-refractivity contribution is 5.30. The molecule has 0 radical (unpaired) electrons. The Morgan fingerprint density at radius 1 is 1.43 bits per heavy atom. The third kappa shape index (κ3) is 2.42. The molecule has 0 saturated heterocycles. The summed E-state index contributed by atoms with van der Waals surface area (Å²) in [6.07, 6.45) is 5.04. The van der Waals surface area contributed by atoms with Gasteiger partial charge in [0.2, 0.25) is 0 Å². The Kier molecular flexibility index (Phi) is 3.84. The van der Waals surface area contributed by atoms with Crippen molar-refractivity contribution in [2.24, 2.45) is 0 Å². The van der Waals surface area contributed by atoms with Gasteiger partial charge in [0.1, 0.15) is 5.83 Å². The Labute approximate surface area is 85.3 Å². The summed E-state index contributed by atoms with van der Waals surface area (Å²) in [5.74, 6) is -0.164. The second kappa shape index (κ2) is 4.71. The van der Waals surface area contributed by atoms with Crippen molar-refractivity contribution in [2.75, 3.05) is 13.1 Å². The van der Waals surface area contributed by atoms with Gasteiger partial charge in [-0.05, 0) is 32.2 Å². The van der Waals surface area contributed by atoms with Gasteiger partial charge < -0.3 is 10.6 Å². The molecule has 0 aromatic carbocycles. The molecule has 0 amide bonds. The molecule has 0 bridgehead atoms. The van der Waals surface area contributed by atoms with Crippen LogP contribution in [0.15, 0.2) is 24.1 Å². The quantitative estimate of drug-likeness (QED) is 0.719. The van der Waals surface area contributed by atoms with Crippen molar-refractivity contribution >= 4 is 0 Å². The van der Waals surface area contributed by atoms with Crippen LogP contribution in [0.4, 0.5) is 4.39 Å². The Hall–Kier alpha value is -0.670. The molecule has 0 fully saturated rings. The van der Waals surface area contributed by atoms with Gasteiger partial charge in [-0.3, -0.25) is 0 Å². The van der Waals surface area contributed by atoms with Crippen LogP contribution in [0.5, 0.6) is 0 Å². The first-order valence-corrected chi connectivity index (χ1v) is 5.17. The van der Waals surface area contributed by atoms with Gasteiger partial charge in [-0.2, -0.15) is 0 Å². The topological polar surface area (TPSA) is 24.1 Å². The van der Waals surface area contributed by atoms with E-state index in [2.05, 4.69) is 17.6 Å². The zero-order valence-electron chi connectivity index (χ0n) is 9.10. The largest absolute Gasteiger partial charge is 0.309 e. The van der Waals surface area contributed by atoms with Crippen LogP contribution >= 0.6 is 0 Å². The molecule has 1 aliphatic carbocycles. The smallest absolute Gasteiger partial charge is 0.120 e. The van der Waals surface area contributed by atoms with Crippen molar-refractivity contribution in [3.63, 3.8) is 0 Å². The monoisotopic (exact) mass is 198 g/mol.